The molecule has 0 aromatic carbocycles. The van der Waals surface area contributed by atoms with Gasteiger partial charge in [0.25, 0.3) is 0 Å². The molecule has 4 nitrogen and oxygen atoms in total. The van der Waals surface area contributed by atoms with E-state index < -0.39 is 0 Å². The van der Waals surface area contributed by atoms with Crippen molar-refractivity contribution in [2.24, 2.45) is 0 Å². The van der Waals surface area contributed by atoms with Crippen LogP contribution in [-0.2, 0) is 4.74 Å². The van der Waals surface area contributed by atoms with Gasteiger partial charge in [0.2, 0.25) is 0 Å². The molecule has 1 aliphatic heterocycles. The summed E-state index contributed by atoms with van der Waals surface area (Å²) in [7, 11) is 1.39. The van der Waals surface area contributed by atoms with E-state index in [1.165, 1.54) is 39.5 Å². The molecule has 1 N–H and O–H groups in total. The summed E-state index contributed by atoms with van der Waals surface area (Å²) in [5, 5.41) is 2.68. The van der Waals surface area contributed by atoms with Crippen LogP contribution in [0.25, 0.3) is 0 Å². The van der Waals surface area contributed by atoms with Gasteiger partial charge in [0.1, 0.15) is 0 Å². The zero-order valence-electron chi connectivity index (χ0n) is 8.21. The Morgan fingerprint density at radius 3 is 2.69 bits per heavy atom. The molecular weight excluding hydrogens is 168 g/mol. The smallest absolute Gasteiger partial charge is 0.406 e. The van der Waals surface area contributed by atoms with Gasteiger partial charge in [0.15, 0.2) is 0 Å². The Hall–Kier alpha value is -0.770. The lowest BCUT2D eigenvalue weighted by atomic mass is 10.1. The maximum atomic E-state index is 10.7. The van der Waals surface area contributed by atoms with Crippen LogP contribution in [-0.4, -0.2) is 44.3 Å². The molecule has 0 aromatic heterocycles. The number of hydrogen-bond donors (Lipinski definition) is 1. The minimum atomic E-state index is -0.336. The Morgan fingerprint density at radius 1 is 1.38 bits per heavy atom. The van der Waals surface area contributed by atoms with Crippen molar-refractivity contribution in [2.45, 2.75) is 19.3 Å². The second-order valence-electron chi connectivity index (χ2n) is 3.32. The lowest BCUT2D eigenvalue weighted by Gasteiger charge is -2.26. The van der Waals surface area contributed by atoms with Gasteiger partial charge in [-0.05, 0) is 25.9 Å². The normalized spacial score (nSPS) is 18.2. The number of rotatable bonds is 3. The summed E-state index contributed by atoms with van der Waals surface area (Å²) < 4.78 is 4.47. The van der Waals surface area contributed by atoms with Crippen molar-refractivity contribution < 1.29 is 9.53 Å². The quantitative estimate of drug-likeness (QED) is 0.709. The summed E-state index contributed by atoms with van der Waals surface area (Å²) in [6.45, 7) is 3.97. The number of hydrogen-bond acceptors (Lipinski definition) is 3. The minimum Gasteiger partial charge on any atom is -0.453 e. The number of ether oxygens (including phenoxy) is 1. The van der Waals surface area contributed by atoms with Gasteiger partial charge < -0.3 is 15.0 Å². The molecule has 0 bridgehead atoms. The third kappa shape index (κ3) is 4.12. The van der Waals surface area contributed by atoms with Crippen LogP contribution in [0.1, 0.15) is 19.3 Å². The molecule has 0 spiro atoms. The first-order valence-corrected chi connectivity index (χ1v) is 4.87. The molecule has 0 unspecified atom stereocenters. The van der Waals surface area contributed by atoms with Crippen LogP contribution in [0.5, 0.6) is 0 Å². The highest BCUT2D eigenvalue weighted by Gasteiger charge is 2.09. The van der Waals surface area contributed by atoms with Gasteiger partial charge in [-0.3, -0.25) is 0 Å². The summed E-state index contributed by atoms with van der Waals surface area (Å²) in [4.78, 5) is 13.1. The largest absolute Gasteiger partial charge is 0.453 e. The predicted octanol–water partition coefficient (Wildman–Crippen LogP) is 0.828. The lowest BCUT2D eigenvalue weighted by Crippen LogP contribution is -2.37. The fourth-order valence-electron chi connectivity index (χ4n) is 1.57. The zero-order chi connectivity index (χ0) is 9.52. The highest BCUT2D eigenvalue weighted by molar-refractivity contribution is 5.66. The first-order chi connectivity index (χ1) is 6.33. The number of carbonyl (C=O) groups excluding carboxylic acids is 1. The molecule has 0 atom stereocenters. The van der Waals surface area contributed by atoms with E-state index in [1.807, 2.05) is 0 Å². The van der Waals surface area contributed by atoms with Crippen molar-refractivity contribution in [2.75, 3.05) is 33.3 Å². The third-order valence-electron chi connectivity index (χ3n) is 2.33. The third-order valence-corrected chi connectivity index (χ3v) is 2.33. The first-order valence-electron chi connectivity index (χ1n) is 4.87. The van der Waals surface area contributed by atoms with Crippen molar-refractivity contribution in [1.29, 1.82) is 0 Å². The topological polar surface area (TPSA) is 41.6 Å². The summed E-state index contributed by atoms with van der Waals surface area (Å²) in [6, 6.07) is 0. The Labute approximate surface area is 79.2 Å². The number of methoxy groups -OCH3 is 1. The van der Waals surface area contributed by atoms with Crippen molar-refractivity contribution in [3.05, 3.63) is 0 Å². The van der Waals surface area contributed by atoms with Crippen LogP contribution in [0.4, 0.5) is 4.79 Å². The Balaban J connectivity index is 2.01. The maximum absolute atomic E-state index is 10.7. The van der Waals surface area contributed by atoms with Crippen molar-refractivity contribution in [1.82, 2.24) is 10.2 Å². The number of alkyl carbamates (subject to hydrolysis) is 1. The van der Waals surface area contributed by atoms with Gasteiger partial charge in [-0.15, -0.1) is 0 Å². The molecule has 0 aliphatic carbocycles. The summed E-state index contributed by atoms with van der Waals surface area (Å²) in [6.07, 6.45) is 3.59. The van der Waals surface area contributed by atoms with Gasteiger partial charge in [-0.2, -0.15) is 0 Å². The zero-order valence-corrected chi connectivity index (χ0v) is 8.21. The molecule has 1 aliphatic rings. The average Bonchev–Trinajstić information content (AvgIpc) is 2.19. The van der Waals surface area contributed by atoms with E-state index in [9.17, 15) is 4.79 Å². The average molecular weight is 186 g/mol. The molecule has 1 rings (SSSR count). The summed E-state index contributed by atoms with van der Waals surface area (Å²) in [5.41, 5.74) is 0. The van der Waals surface area contributed by atoms with Gasteiger partial charge in [-0.25, -0.2) is 4.79 Å². The van der Waals surface area contributed by atoms with Gasteiger partial charge in [0, 0.05) is 13.1 Å². The van der Waals surface area contributed by atoms with E-state index >= 15 is 0 Å². The van der Waals surface area contributed by atoms with E-state index in [-0.39, 0.29) is 6.09 Å². The van der Waals surface area contributed by atoms with Crippen molar-refractivity contribution >= 4 is 6.09 Å². The number of piperidine rings is 1. The monoisotopic (exact) mass is 186 g/mol. The fraction of sp³-hybridized carbons (Fsp3) is 0.889. The van der Waals surface area contributed by atoms with Crippen LogP contribution < -0.4 is 5.32 Å². The molecule has 1 saturated heterocycles. The second kappa shape index (κ2) is 5.80. The number of nitrogens with one attached hydrogen (secondary N) is 1. The number of amides is 1. The van der Waals surface area contributed by atoms with Crippen LogP contribution in [0.15, 0.2) is 0 Å². The van der Waals surface area contributed by atoms with Crippen LogP contribution >= 0.6 is 0 Å². The van der Waals surface area contributed by atoms with E-state index in [1.54, 1.807) is 0 Å². The standard InChI is InChI=1S/C9H18N2O2/c1-13-9(12)10-5-8-11-6-3-2-4-7-11/h2-8H2,1H3,(H,10,12). The highest BCUT2D eigenvalue weighted by atomic mass is 16.5. The Bertz CT molecular complexity index is 156. The van der Waals surface area contributed by atoms with Crippen LogP contribution in [0.3, 0.4) is 0 Å². The molecule has 0 radical (unpaired) electrons. The van der Waals surface area contributed by atoms with E-state index in [0.717, 1.165) is 6.54 Å². The van der Waals surface area contributed by atoms with E-state index in [2.05, 4.69) is 15.0 Å². The van der Waals surface area contributed by atoms with Crippen molar-refractivity contribution in [3.63, 3.8) is 0 Å². The predicted molar refractivity (Wildman–Crippen MR) is 50.7 cm³/mol. The van der Waals surface area contributed by atoms with Crippen LogP contribution in [0, 0.1) is 0 Å². The highest BCUT2D eigenvalue weighted by Crippen LogP contribution is 2.07. The molecule has 13 heavy (non-hydrogen) atoms. The number of likely N-dealkylation sites (tertiary alicyclic amines) is 1. The van der Waals surface area contributed by atoms with E-state index in [0.29, 0.717) is 6.54 Å². The SMILES string of the molecule is COC(=O)NCCN1CCCCC1. The molecule has 1 heterocycles. The maximum Gasteiger partial charge on any atom is 0.406 e. The summed E-state index contributed by atoms with van der Waals surface area (Å²) in [5.74, 6) is 0. The molecule has 0 aromatic rings. The molecule has 0 saturated carbocycles. The summed E-state index contributed by atoms with van der Waals surface area (Å²) >= 11 is 0. The first kappa shape index (κ1) is 10.3. The van der Waals surface area contributed by atoms with Gasteiger partial charge in [0.05, 0.1) is 7.11 Å². The minimum absolute atomic E-state index is 0.336. The lowest BCUT2D eigenvalue weighted by molar-refractivity contribution is 0.166. The Morgan fingerprint density at radius 2 is 2.08 bits per heavy atom. The van der Waals surface area contributed by atoms with Gasteiger partial charge in [-0.1, -0.05) is 6.42 Å². The Kier molecular flexibility index (Phi) is 4.60. The second-order valence-corrected chi connectivity index (χ2v) is 3.32. The molecule has 4 heteroatoms. The van der Waals surface area contributed by atoms with Crippen LogP contribution in [0.2, 0.25) is 0 Å². The molecule has 1 fully saturated rings. The molecule has 76 valence electrons. The number of nitrogens with zero attached hydrogens (tertiary/aromatic N) is 1. The van der Waals surface area contributed by atoms with Crippen molar-refractivity contribution in [3.8, 4) is 0 Å². The molecule has 1 amide bonds. The fourth-order valence-corrected chi connectivity index (χ4v) is 1.57. The number of carbonyl (C=O) groups is 1. The van der Waals surface area contributed by atoms with E-state index in [4.69, 9.17) is 0 Å². The molecular formula is C9H18N2O2. The van der Waals surface area contributed by atoms with Gasteiger partial charge >= 0.3 is 6.09 Å².